The predicted molar refractivity (Wildman–Crippen MR) is 91.3 cm³/mol. The highest BCUT2D eigenvalue weighted by Crippen LogP contribution is 2.14. The molecule has 2 aromatic rings. The number of benzene rings is 1. The Labute approximate surface area is 140 Å². The molecule has 7 nitrogen and oxygen atoms in total. The van der Waals surface area contributed by atoms with E-state index in [4.69, 9.17) is 0 Å². The average molecular weight is 328 g/mol. The molecule has 0 aliphatic carbocycles. The highest BCUT2D eigenvalue weighted by Gasteiger charge is 2.12. The Morgan fingerprint density at radius 3 is 2.38 bits per heavy atom. The number of anilines is 2. The van der Waals surface area contributed by atoms with Crippen LogP contribution in [0.3, 0.4) is 0 Å². The monoisotopic (exact) mass is 328 g/mol. The normalized spacial score (nSPS) is 10.1. The standard InChI is InChI=1S/C17H20N4O3/c1-4-21(5-2)15-10-14(18-11-19-15)16(22)20-13-8-6-12(7-9-13)17(23)24-3/h6-11H,4-5H2,1-3H3,(H,20,22). The van der Waals surface area contributed by atoms with Gasteiger partial charge in [-0.3, -0.25) is 4.79 Å². The van der Waals surface area contributed by atoms with E-state index >= 15 is 0 Å². The second-order valence-electron chi connectivity index (χ2n) is 4.96. The molecule has 0 fully saturated rings. The van der Waals surface area contributed by atoms with Crippen LogP contribution >= 0.6 is 0 Å². The number of methoxy groups -OCH3 is 1. The molecule has 0 radical (unpaired) electrons. The van der Waals surface area contributed by atoms with Gasteiger partial charge in [0.1, 0.15) is 17.8 Å². The van der Waals surface area contributed by atoms with Crippen molar-refractivity contribution in [2.24, 2.45) is 0 Å². The fourth-order valence-corrected chi connectivity index (χ4v) is 2.19. The first kappa shape index (κ1) is 17.4. The van der Waals surface area contributed by atoms with E-state index < -0.39 is 5.97 Å². The summed E-state index contributed by atoms with van der Waals surface area (Å²) in [6, 6.07) is 8.10. The van der Waals surface area contributed by atoms with Crippen molar-refractivity contribution in [2.45, 2.75) is 13.8 Å². The number of hydrogen-bond acceptors (Lipinski definition) is 6. The molecule has 7 heteroatoms. The van der Waals surface area contributed by atoms with Crippen molar-refractivity contribution in [3.8, 4) is 0 Å². The maximum Gasteiger partial charge on any atom is 0.337 e. The van der Waals surface area contributed by atoms with Gasteiger partial charge in [0.15, 0.2) is 0 Å². The SMILES string of the molecule is CCN(CC)c1cc(C(=O)Nc2ccc(C(=O)OC)cc2)ncn1. The van der Waals surface area contributed by atoms with E-state index in [9.17, 15) is 9.59 Å². The molecular weight excluding hydrogens is 308 g/mol. The number of nitrogens with one attached hydrogen (secondary N) is 1. The third kappa shape index (κ3) is 4.07. The van der Waals surface area contributed by atoms with Crippen LogP contribution in [0.5, 0.6) is 0 Å². The number of carbonyl (C=O) groups is 2. The molecule has 0 aliphatic heterocycles. The van der Waals surface area contributed by atoms with Crippen molar-refractivity contribution in [1.29, 1.82) is 0 Å². The lowest BCUT2D eigenvalue weighted by Gasteiger charge is -2.19. The van der Waals surface area contributed by atoms with Gasteiger partial charge < -0.3 is 15.0 Å². The molecule has 24 heavy (non-hydrogen) atoms. The zero-order chi connectivity index (χ0) is 17.5. The number of amides is 1. The molecule has 1 heterocycles. The van der Waals surface area contributed by atoms with E-state index in [1.807, 2.05) is 18.7 Å². The Morgan fingerprint density at radius 1 is 1.12 bits per heavy atom. The molecular formula is C17H20N4O3. The second-order valence-corrected chi connectivity index (χ2v) is 4.96. The zero-order valence-corrected chi connectivity index (χ0v) is 13.9. The zero-order valence-electron chi connectivity index (χ0n) is 13.9. The van der Waals surface area contributed by atoms with E-state index in [1.165, 1.54) is 13.4 Å². The molecule has 2 rings (SSSR count). The van der Waals surface area contributed by atoms with Crippen molar-refractivity contribution in [2.75, 3.05) is 30.4 Å². The van der Waals surface area contributed by atoms with Gasteiger partial charge in [0.25, 0.3) is 5.91 Å². The Balaban J connectivity index is 2.12. The van der Waals surface area contributed by atoms with E-state index in [0.29, 0.717) is 17.1 Å². The largest absolute Gasteiger partial charge is 0.465 e. The summed E-state index contributed by atoms with van der Waals surface area (Å²) in [4.78, 5) is 34.0. The van der Waals surface area contributed by atoms with Crippen molar-refractivity contribution in [3.05, 3.63) is 47.9 Å². The van der Waals surface area contributed by atoms with Gasteiger partial charge in [-0.1, -0.05) is 0 Å². The molecule has 1 amide bonds. The first-order valence-electron chi connectivity index (χ1n) is 7.65. The van der Waals surface area contributed by atoms with E-state index in [-0.39, 0.29) is 11.6 Å². The van der Waals surface area contributed by atoms with Crippen molar-refractivity contribution in [1.82, 2.24) is 9.97 Å². The van der Waals surface area contributed by atoms with Crippen LogP contribution in [-0.2, 0) is 4.74 Å². The molecule has 0 spiro atoms. The molecule has 0 bridgehead atoms. The highest BCUT2D eigenvalue weighted by atomic mass is 16.5. The Bertz CT molecular complexity index is 712. The lowest BCUT2D eigenvalue weighted by molar-refractivity contribution is 0.0600. The number of aromatic nitrogens is 2. The van der Waals surface area contributed by atoms with Crippen LogP contribution in [0.4, 0.5) is 11.5 Å². The molecule has 0 unspecified atom stereocenters. The Morgan fingerprint density at radius 2 is 1.79 bits per heavy atom. The summed E-state index contributed by atoms with van der Waals surface area (Å²) in [5.74, 6) is -0.0506. The second kappa shape index (κ2) is 8.05. The fraction of sp³-hybridized carbons (Fsp3) is 0.294. The summed E-state index contributed by atoms with van der Waals surface area (Å²) >= 11 is 0. The van der Waals surface area contributed by atoms with Gasteiger partial charge in [0.05, 0.1) is 12.7 Å². The lowest BCUT2D eigenvalue weighted by Crippen LogP contribution is -2.24. The topological polar surface area (TPSA) is 84.4 Å². The third-order valence-corrected chi connectivity index (χ3v) is 3.54. The Hall–Kier alpha value is -2.96. The summed E-state index contributed by atoms with van der Waals surface area (Å²) in [5.41, 5.74) is 1.26. The lowest BCUT2D eigenvalue weighted by atomic mass is 10.2. The minimum atomic E-state index is -0.424. The molecule has 1 aromatic heterocycles. The fourth-order valence-electron chi connectivity index (χ4n) is 2.19. The van der Waals surface area contributed by atoms with Crippen LogP contribution in [0, 0.1) is 0 Å². The van der Waals surface area contributed by atoms with Gasteiger partial charge in [-0.2, -0.15) is 0 Å². The minimum absolute atomic E-state index is 0.281. The number of nitrogens with zero attached hydrogens (tertiary/aromatic N) is 3. The summed E-state index contributed by atoms with van der Waals surface area (Å²) in [7, 11) is 1.32. The van der Waals surface area contributed by atoms with Gasteiger partial charge in [-0.15, -0.1) is 0 Å². The molecule has 0 saturated carbocycles. The number of esters is 1. The first-order chi connectivity index (χ1) is 11.6. The van der Waals surface area contributed by atoms with Gasteiger partial charge in [-0.25, -0.2) is 14.8 Å². The molecule has 0 atom stereocenters. The van der Waals surface area contributed by atoms with Crippen LogP contribution in [0.15, 0.2) is 36.7 Å². The smallest absolute Gasteiger partial charge is 0.337 e. The highest BCUT2D eigenvalue weighted by molar-refractivity contribution is 6.03. The Kier molecular flexibility index (Phi) is 5.83. The molecule has 0 saturated heterocycles. The molecule has 0 aliphatic rings. The average Bonchev–Trinajstić information content (AvgIpc) is 2.63. The summed E-state index contributed by atoms with van der Waals surface area (Å²) in [5, 5.41) is 2.74. The van der Waals surface area contributed by atoms with Crippen LogP contribution in [-0.4, -0.2) is 42.0 Å². The third-order valence-electron chi connectivity index (χ3n) is 3.54. The quantitative estimate of drug-likeness (QED) is 0.820. The number of rotatable bonds is 6. The summed E-state index contributed by atoms with van der Waals surface area (Å²) < 4.78 is 4.64. The summed E-state index contributed by atoms with van der Waals surface area (Å²) in [6.07, 6.45) is 1.38. The van der Waals surface area contributed by atoms with Crippen molar-refractivity contribution >= 4 is 23.4 Å². The predicted octanol–water partition coefficient (Wildman–Crippen LogP) is 2.36. The number of carbonyl (C=O) groups excluding carboxylic acids is 2. The van der Waals surface area contributed by atoms with Gasteiger partial charge in [-0.05, 0) is 38.1 Å². The van der Waals surface area contributed by atoms with Gasteiger partial charge in [0.2, 0.25) is 0 Å². The molecule has 126 valence electrons. The van der Waals surface area contributed by atoms with Crippen LogP contribution in [0.2, 0.25) is 0 Å². The minimum Gasteiger partial charge on any atom is -0.465 e. The molecule has 1 aromatic carbocycles. The number of ether oxygens (including phenoxy) is 1. The van der Waals surface area contributed by atoms with E-state index in [0.717, 1.165) is 13.1 Å². The van der Waals surface area contributed by atoms with Crippen molar-refractivity contribution < 1.29 is 14.3 Å². The van der Waals surface area contributed by atoms with Crippen molar-refractivity contribution in [3.63, 3.8) is 0 Å². The van der Waals surface area contributed by atoms with E-state index in [1.54, 1.807) is 30.3 Å². The van der Waals surface area contributed by atoms with Gasteiger partial charge in [0, 0.05) is 24.8 Å². The van der Waals surface area contributed by atoms with Crippen LogP contribution in [0.25, 0.3) is 0 Å². The maximum absolute atomic E-state index is 12.3. The molecule has 1 N–H and O–H groups in total. The van der Waals surface area contributed by atoms with Crippen LogP contribution in [0.1, 0.15) is 34.7 Å². The van der Waals surface area contributed by atoms with Gasteiger partial charge >= 0.3 is 5.97 Å². The summed E-state index contributed by atoms with van der Waals surface area (Å²) in [6.45, 7) is 5.63. The van der Waals surface area contributed by atoms with Crippen LogP contribution < -0.4 is 10.2 Å². The van der Waals surface area contributed by atoms with E-state index in [2.05, 4.69) is 20.0 Å². The first-order valence-corrected chi connectivity index (χ1v) is 7.65. The number of hydrogen-bond donors (Lipinski definition) is 1. The maximum atomic E-state index is 12.3.